The molecule has 0 aromatic rings. The van der Waals surface area contributed by atoms with Gasteiger partial charge in [0.05, 0.1) is 18.3 Å². The molecule has 0 saturated heterocycles. The minimum Gasteiger partial charge on any atom is -0.394 e. The SMILES string of the molecule is CC(O)CO.COC(C)(C)C. The number of aliphatic hydroxyl groups excluding tert-OH is 2. The molecule has 70 valence electrons. The van der Waals surface area contributed by atoms with Crippen LogP contribution < -0.4 is 0 Å². The summed E-state index contributed by atoms with van der Waals surface area (Å²) < 4.78 is 4.94. The van der Waals surface area contributed by atoms with Gasteiger partial charge in [0.25, 0.3) is 0 Å². The summed E-state index contributed by atoms with van der Waals surface area (Å²) >= 11 is 0. The number of rotatable bonds is 1. The summed E-state index contributed by atoms with van der Waals surface area (Å²) in [4.78, 5) is 0. The smallest absolute Gasteiger partial charge is 0.0742 e. The van der Waals surface area contributed by atoms with Crippen LogP contribution in [-0.2, 0) is 4.74 Å². The van der Waals surface area contributed by atoms with Crippen molar-refractivity contribution in [1.82, 2.24) is 0 Å². The number of methoxy groups -OCH3 is 1. The van der Waals surface area contributed by atoms with Crippen molar-refractivity contribution < 1.29 is 14.9 Å². The van der Waals surface area contributed by atoms with Crippen LogP contribution in [0.25, 0.3) is 0 Å². The van der Waals surface area contributed by atoms with Crippen molar-refractivity contribution in [3.63, 3.8) is 0 Å². The maximum atomic E-state index is 8.11. The molecular formula is C8H20O3. The molecule has 0 amide bonds. The van der Waals surface area contributed by atoms with Gasteiger partial charge >= 0.3 is 0 Å². The lowest BCUT2D eigenvalue weighted by molar-refractivity contribution is 0.0397. The summed E-state index contributed by atoms with van der Waals surface area (Å²) in [5, 5.41) is 16.0. The molecule has 0 bridgehead atoms. The minimum atomic E-state index is -0.560. The quantitative estimate of drug-likeness (QED) is 0.602. The Morgan fingerprint density at radius 2 is 1.55 bits per heavy atom. The first-order valence-corrected chi connectivity index (χ1v) is 3.67. The molecule has 0 aliphatic carbocycles. The Labute approximate surface area is 69.0 Å². The van der Waals surface area contributed by atoms with Gasteiger partial charge in [0.2, 0.25) is 0 Å². The Balaban J connectivity index is 0. The lowest BCUT2D eigenvalue weighted by atomic mass is 10.2. The molecule has 1 unspecified atom stereocenters. The molecule has 0 saturated carbocycles. The zero-order valence-electron chi connectivity index (χ0n) is 8.09. The van der Waals surface area contributed by atoms with E-state index in [0.717, 1.165) is 0 Å². The van der Waals surface area contributed by atoms with Crippen molar-refractivity contribution >= 4 is 0 Å². The summed E-state index contributed by atoms with van der Waals surface area (Å²) in [6.07, 6.45) is -0.560. The van der Waals surface area contributed by atoms with Crippen LogP contribution in [0.2, 0.25) is 0 Å². The van der Waals surface area contributed by atoms with Gasteiger partial charge in [-0.1, -0.05) is 0 Å². The molecule has 3 heteroatoms. The maximum Gasteiger partial charge on any atom is 0.0742 e. The molecule has 0 aromatic carbocycles. The first kappa shape index (κ1) is 13.5. The summed E-state index contributed by atoms with van der Waals surface area (Å²) in [5.74, 6) is 0. The minimum absolute atomic E-state index is 0.0417. The van der Waals surface area contributed by atoms with Crippen LogP contribution >= 0.6 is 0 Å². The van der Waals surface area contributed by atoms with E-state index in [2.05, 4.69) is 0 Å². The zero-order valence-corrected chi connectivity index (χ0v) is 8.09. The summed E-state index contributed by atoms with van der Waals surface area (Å²) in [6.45, 7) is 7.45. The third-order valence-electron chi connectivity index (χ3n) is 0.877. The molecule has 0 rings (SSSR count). The maximum absolute atomic E-state index is 8.11. The van der Waals surface area contributed by atoms with Crippen LogP contribution in [0, 0.1) is 0 Å². The highest BCUT2D eigenvalue weighted by molar-refractivity contribution is 4.55. The topological polar surface area (TPSA) is 49.7 Å². The van der Waals surface area contributed by atoms with E-state index < -0.39 is 6.10 Å². The second-order valence-corrected chi connectivity index (χ2v) is 3.35. The van der Waals surface area contributed by atoms with E-state index in [9.17, 15) is 0 Å². The third kappa shape index (κ3) is 25.8. The van der Waals surface area contributed by atoms with Crippen LogP contribution in [0.4, 0.5) is 0 Å². The van der Waals surface area contributed by atoms with E-state index in [-0.39, 0.29) is 12.2 Å². The fourth-order valence-corrected chi connectivity index (χ4v) is 0. The molecule has 0 heterocycles. The first-order valence-electron chi connectivity index (χ1n) is 3.67. The summed E-state index contributed by atoms with van der Waals surface area (Å²) in [5.41, 5.74) is 0.0417. The highest BCUT2D eigenvalue weighted by Gasteiger charge is 2.03. The zero-order chi connectivity index (χ0) is 9.49. The number of hydrogen-bond donors (Lipinski definition) is 2. The van der Waals surface area contributed by atoms with Crippen molar-refractivity contribution in [1.29, 1.82) is 0 Å². The monoisotopic (exact) mass is 164 g/mol. The van der Waals surface area contributed by atoms with Gasteiger partial charge in [-0.2, -0.15) is 0 Å². The highest BCUT2D eigenvalue weighted by atomic mass is 16.5. The predicted molar refractivity (Wildman–Crippen MR) is 45.5 cm³/mol. The normalized spacial score (nSPS) is 13.4. The van der Waals surface area contributed by atoms with Crippen molar-refractivity contribution in [2.45, 2.75) is 39.4 Å². The fourth-order valence-electron chi connectivity index (χ4n) is 0. The first-order chi connectivity index (χ1) is 4.83. The van der Waals surface area contributed by atoms with Crippen molar-refractivity contribution in [2.75, 3.05) is 13.7 Å². The molecule has 0 fully saturated rings. The molecule has 11 heavy (non-hydrogen) atoms. The van der Waals surface area contributed by atoms with Gasteiger partial charge in [-0.25, -0.2) is 0 Å². The van der Waals surface area contributed by atoms with E-state index in [1.165, 1.54) is 6.92 Å². The van der Waals surface area contributed by atoms with Crippen LogP contribution in [-0.4, -0.2) is 35.6 Å². The second kappa shape index (κ2) is 6.58. The van der Waals surface area contributed by atoms with Gasteiger partial charge in [-0.15, -0.1) is 0 Å². The van der Waals surface area contributed by atoms with Gasteiger partial charge in [0, 0.05) is 7.11 Å². The van der Waals surface area contributed by atoms with E-state index in [1.807, 2.05) is 20.8 Å². The van der Waals surface area contributed by atoms with Crippen LogP contribution in [0.5, 0.6) is 0 Å². The van der Waals surface area contributed by atoms with E-state index in [4.69, 9.17) is 14.9 Å². The Bertz CT molecular complexity index is 73.9. The average Bonchev–Trinajstić information content (AvgIpc) is 1.88. The van der Waals surface area contributed by atoms with Gasteiger partial charge in [-0.05, 0) is 27.7 Å². The molecule has 0 spiro atoms. The Morgan fingerprint density at radius 3 is 1.55 bits per heavy atom. The molecule has 2 N–H and O–H groups in total. The molecular weight excluding hydrogens is 144 g/mol. The number of aliphatic hydroxyl groups is 2. The third-order valence-corrected chi connectivity index (χ3v) is 0.877. The fraction of sp³-hybridized carbons (Fsp3) is 1.00. The van der Waals surface area contributed by atoms with E-state index >= 15 is 0 Å². The van der Waals surface area contributed by atoms with Gasteiger partial charge in [0.15, 0.2) is 0 Å². The van der Waals surface area contributed by atoms with Crippen molar-refractivity contribution in [2.24, 2.45) is 0 Å². The van der Waals surface area contributed by atoms with Crippen LogP contribution in [0.3, 0.4) is 0 Å². The highest BCUT2D eigenvalue weighted by Crippen LogP contribution is 2.02. The van der Waals surface area contributed by atoms with E-state index in [0.29, 0.717) is 0 Å². The Kier molecular flexibility index (Phi) is 8.06. The lowest BCUT2D eigenvalue weighted by Gasteiger charge is -2.14. The molecule has 1 atom stereocenters. The largest absolute Gasteiger partial charge is 0.394 e. The molecule has 3 nitrogen and oxygen atoms in total. The molecule has 0 aliphatic rings. The van der Waals surface area contributed by atoms with Gasteiger partial charge < -0.3 is 14.9 Å². The Hall–Kier alpha value is -0.120. The van der Waals surface area contributed by atoms with Crippen molar-refractivity contribution in [3.05, 3.63) is 0 Å². The van der Waals surface area contributed by atoms with Crippen LogP contribution in [0.1, 0.15) is 27.7 Å². The predicted octanol–water partition coefficient (Wildman–Crippen LogP) is 0.791. The number of ether oxygens (including phenoxy) is 1. The summed E-state index contributed by atoms with van der Waals surface area (Å²) in [6, 6.07) is 0. The Morgan fingerprint density at radius 1 is 1.36 bits per heavy atom. The van der Waals surface area contributed by atoms with Gasteiger partial charge in [-0.3, -0.25) is 0 Å². The standard InChI is InChI=1S/C5H12O.C3H8O2/c1-5(2,3)6-4;1-3(5)2-4/h1-4H3;3-5H,2H2,1H3. The summed E-state index contributed by atoms with van der Waals surface area (Å²) in [7, 11) is 1.71. The molecule has 0 aliphatic heterocycles. The van der Waals surface area contributed by atoms with E-state index in [1.54, 1.807) is 7.11 Å². The van der Waals surface area contributed by atoms with Crippen molar-refractivity contribution in [3.8, 4) is 0 Å². The van der Waals surface area contributed by atoms with Crippen LogP contribution in [0.15, 0.2) is 0 Å². The number of hydrogen-bond acceptors (Lipinski definition) is 3. The average molecular weight is 164 g/mol. The van der Waals surface area contributed by atoms with Gasteiger partial charge in [0.1, 0.15) is 0 Å². The lowest BCUT2D eigenvalue weighted by Crippen LogP contribution is -2.15. The molecule has 0 radical (unpaired) electrons. The second-order valence-electron chi connectivity index (χ2n) is 3.35. The molecule has 0 aromatic heterocycles.